The summed E-state index contributed by atoms with van der Waals surface area (Å²) in [7, 11) is 0. The highest BCUT2D eigenvalue weighted by atomic mass is 16.4. The Morgan fingerprint density at radius 2 is 1.86 bits per heavy atom. The molecule has 2 saturated carbocycles. The highest BCUT2D eigenvalue weighted by Crippen LogP contribution is 2.57. The van der Waals surface area contributed by atoms with Crippen LogP contribution in [0.4, 0.5) is 0 Å². The van der Waals surface area contributed by atoms with E-state index in [-0.39, 0.29) is 5.92 Å². The Kier molecular flexibility index (Phi) is 2.01. The van der Waals surface area contributed by atoms with E-state index in [1.54, 1.807) is 0 Å². The first-order valence-corrected chi connectivity index (χ1v) is 5.04. The van der Waals surface area contributed by atoms with Gasteiger partial charge in [0.25, 0.3) is 0 Å². The lowest BCUT2D eigenvalue weighted by atomic mass is 9.78. The van der Waals surface area contributed by atoms with Gasteiger partial charge in [-0.2, -0.15) is 0 Å². The van der Waals surface area contributed by atoms with Crippen LogP contribution < -0.4 is 0 Å². The van der Waals surface area contributed by atoms with Crippen LogP contribution >= 0.6 is 0 Å². The predicted molar refractivity (Wildman–Crippen MR) is 47.8 cm³/mol. The lowest BCUT2D eigenvalue weighted by Crippen LogP contribution is -2.33. The number of hydrogen-bond donors (Lipinski definition) is 2. The third kappa shape index (κ3) is 1.06. The van der Waals surface area contributed by atoms with Gasteiger partial charge in [-0.05, 0) is 31.6 Å². The maximum Gasteiger partial charge on any atom is 0.309 e. The molecule has 0 radical (unpaired) electrons. The molecule has 0 heterocycles. The average Bonchev–Trinajstić information content (AvgIpc) is 2.58. The minimum atomic E-state index is -0.819. The van der Waals surface area contributed by atoms with Crippen LogP contribution in [0.25, 0.3) is 0 Å². The van der Waals surface area contributed by atoms with Gasteiger partial charge in [-0.1, -0.05) is 6.42 Å². The minimum Gasteiger partial charge on any atom is -0.481 e. The van der Waals surface area contributed by atoms with E-state index < -0.39 is 23.3 Å². The fourth-order valence-electron chi connectivity index (χ4n) is 3.28. The zero-order chi connectivity index (χ0) is 10.3. The van der Waals surface area contributed by atoms with Gasteiger partial charge in [-0.25, -0.2) is 0 Å². The zero-order valence-electron chi connectivity index (χ0n) is 7.90. The number of rotatable bonds is 2. The van der Waals surface area contributed by atoms with Crippen molar-refractivity contribution in [2.75, 3.05) is 0 Å². The van der Waals surface area contributed by atoms with Crippen molar-refractivity contribution >= 4 is 11.9 Å². The second-order valence-electron chi connectivity index (χ2n) is 4.44. The molecule has 4 nitrogen and oxygen atoms in total. The van der Waals surface area contributed by atoms with Crippen LogP contribution in [0, 0.1) is 17.3 Å². The van der Waals surface area contributed by atoms with Crippen LogP contribution in [0.1, 0.15) is 32.1 Å². The third-order valence-electron chi connectivity index (χ3n) is 3.98. The standard InChI is InChI=1S/C10H14O4/c11-8(12)6-3-5-10(9(13)14)4-1-2-7(6)10/h6-7H,1-5H2,(H,11,12)(H,13,14)/t6-,7+,10-/m1/s1. The first-order chi connectivity index (χ1) is 6.58. The molecule has 3 atom stereocenters. The highest BCUT2D eigenvalue weighted by Gasteiger charge is 2.57. The van der Waals surface area contributed by atoms with E-state index in [9.17, 15) is 14.7 Å². The number of carboxylic acids is 2. The van der Waals surface area contributed by atoms with Gasteiger partial charge in [0.05, 0.1) is 11.3 Å². The van der Waals surface area contributed by atoms with Crippen molar-refractivity contribution in [2.24, 2.45) is 17.3 Å². The number of aliphatic carboxylic acids is 2. The molecular formula is C10H14O4. The molecule has 0 saturated heterocycles. The normalized spacial score (nSPS) is 40.9. The summed E-state index contributed by atoms with van der Waals surface area (Å²) in [5.74, 6) is -2.16. The van der Waals surface area contributed by atoms with Gasteiger partial charge >= 0.3 is 11.9 Å². The van der Waals surface area contributed by atoms with Gasteiger partial charge < -0.3 is 10.2 Å². The molecule has 0 aromatic heterocycles. The molecular weight excluding hydrogens is 184 g/mol. The van der Waals surface area contributed by atoms with E-state index in [2.05, 4.69) is 0 Å². The van der Waals surface area contributed by atoms with E-state index in [0.29, 0.717) is 19.3 Å². The summed E-state index contributed by atoms with van der Waals surface area (Å²) in [6, 6.07) is 0. The molecule has 0 aromatic rings. The molecule has 2 rings (SSSR count). The summed E-state index contributed by atoms with van der Waals surface area (Å²) in [4.78, 5) is 22.1. The van der Waals surface area contributed by atoms with Crippen molar-refractivity contribution in [1.29, 1.82) is 0 Å². The summed E-state index contributed by atoms with van der Waals surface area (Å²) in [5.41, 5.74) is -0.705. The van der Waals surface area contributed by atoms with Crippen molar-refractivity contribution in [3.8, 4) is 0 Å². The molecule has 2 fully saturated rings. The second kappa shape index (κ2) is 2.97. The second-order valence-corrected chi connectivity index (χ2v) is 4.44. The van der Waals surface area contributed by atoms with Crippen LogP contribution in [0.3, 0.4) is 0 Å². The molecule has 2 aliphatic rings. The summed E-state index contributed by atoms with van der Waals surface area (Å²) in [5, 5.41) is 18.1. The maximum absolute atomic E-state index is 11.2. The smallest absolute Gasteiger partial charge is 0.309 e. The summed E-state index contributed by atoms with van der Waals surface area (Å²) >= 11 is 0. The van der Waals surface area contributed by atoms with Crippen molar-refractivity contribution in [1.82, 2.24) is 0 Å². The molecule has 0 aliphatic heterocycles. The van der Waals surface area contributed by atoms with Crippen LogP contribution in [-0.4, -0.2) is 22.2 Å². The Bertz CT molecular complexity index is 286. The quantitative estimate of drug-likeness (QED) is 0.702. The van der Waals surface area contributed by atoms with Crippen LogP contribution in [-0.2, 0) is 9.59 Å². The Balaban J connectivity index is 2.28. The number of hydrogen-bond acceptors (Lipinski definition) is 2. The molecule has 14 heavy (non-hydrogen) atoms. The first kappa shape index (κ1) is 9.49. The molecule has 0 aromatic carbocycles. The van der Waals surface area contributed by atoms with Gasteiger partial charge in [0.1, 0.15) is 0 Å². The SMILES string of the molecule is O=C(O)[C@@H]1CC[C@]2(C(=O)O)CCC[C@@H]12. The van der Waals surface area contributed by atoms with Gasteiger partial charge in [0, 0.05) is 0 Å². The fourth-order valence-corrected chi connectivity index (χ4v) is 3.28. The monoisotopic (exact) mass is 198 g/mol. The van der Waals surface area contributed by atoms with Crippen molar-refractivity contribution in [2.45, 2.75) is 32.1 Å². The number of carboxylic acid groups (broad SMARTS) is 2. The Morgan fingerprint density at radius 1 is 1.14 bits per heavy atom. The van der Waals surface area contributed by atoms with Crippen LogP contribution in [0.2, 0.25) is 0 Å². The van der Waals surface area contributed by atoms with Crippen molar-refractivity contribution in [3.63, 3.8) is 0 Å². The fraction of sp³-hybridized carbons (Fsp3) is 0.800. The average molecular weight is 198 g/mol. The molecule has 0 amide bonds. The molecule has 0 unspecified atom stereocenters. The molecule has 4 heteroatoms. The van der Waals surface area contributed by atoms with Gasteiger partial charge in [-0.15, -0.1) is 0 Å². The summed E-state index contributed by atoms with van der Waals surface area (Å²) < 4.78 is 0. The zero-order valence-corrected chi connectivity index (χ0v) is 7.90. The van der Waals surface area contributed by atoms with E-state index >= 15 is 0 Å². The van der Waals surface area contributed by atoms with E-state index in [1.807, 2.05) is 0 Å². The molecule has 78 valence electrons. The number of fused-ring (bicyclic) bond motifs is 1. The van der Waals surface area contributed by atoms with Crippen molar-refractivity contribution < 1.29 is 19.8 Å². The lowest BCUT2D eigenvalue weighted by molar-refractivity contribution is -0.152. The largest absolute Gasteiger partial charge is 0.481 e. The Hall–Kier alpha value is -1.06. The highest BCUT2D eigenvalue weighted by molar-refractivity contribution is 5.79. The molecule has 0 bridgehead atoms. The maximum atomic E-state index is 11.2. The number of carbonyl (C=O) groups is 2. The van der Waals surface area contributed by atoms with E-state index in [1.165, 1.54) is 0 Å². The van der Waals surface area contributed by atoms with E-state index in [4.69, 9.17) is 5.11 Å². The van der Waals surface area contributed by atoms with Crippen molar-refractivity contribution in [3.05, 3.63) is 0 Å². The summed E-state index contributed by atoms with van der Waals surface area (Å²) in [6.45, 7) is 0. The topological polar surface area (TPSA) is 74.6 Å². The predicted octanol–water partition coefficient (Wildman–Crippen LogP) is 1.35. The Morgan fingerprint density at radius 3 is 2.43 bits per heavy atom. The molecule has 2 aliphatic carbocycles. The summed E-state index contributed by atoms with van der Waals surface area (Å²) in [6.07, 6.45) is 3.37. The molecule has 0 spiro atoms. The van der Waals surface area contributed by atoms with Crippen LogP contribution in [0.5, 0.6) is 0 Å². The lowest BCUT2D eigenvalue weighted by Gasteiger charge is -2.24. The van der Waals surface area contributed by atoms with Crippen LogP contribution in [0.15, 0.2) is 0 Å². The third-order valence-corrected chi connectivity index (χ3v) is 3.98. The minimum absolute atomic E-state index is 0.127. The Labute approximate surface area is 81.9 Å². The first-order valence-electron chi connectivity index (χ1n) is 5.04. The van der Waals surface area contributed by atoms with Gasteiger partial charge in [0.2, 0.25) is 0 Å². The molecule has 2 N–H and O–H groups in total. The van der Waals surface area contributed by atoms with Gasteiger partial charge in [-0.3, -0.25) is 9.59 Å². The van der Waals surface area contributed by atoms with Gasteiger partial charge in [0.15, 0.2) is 0 Å². The van der Waals surface area contributed by atoms with E-state index in [0.717, 1.165) is 12.8 Å².